The van der Waals surface area contributed by atoms with Crippen LogP contribution < -0.4 is 4.90 Å². The van der Waals surface area contributed by atoms with Gasteiger partial charge >= 0.3 is 0 Å². The number of hydrogen-bond acceptors (Lipinski definition) is 2. The van der Waals surface area contributed by atoms with Crippen LogP contribution in [0.25, 0.3) is 0 Å². The second kappa shape index (κ2) is 9.18. The fourth-order valence-electron chi connectivity index (χ4n) is 3.98. The SMILES string of the molecule is CCc1ccc(N(C(=O)c2ccccc2)C2CCN(CC(C)C)CC2)cc1. The van der Waals surface area contributed by atoms with Gasteiger partial charge in [-0.15, -0.1) is 0 Å². The largest absolute Gasteiger partial charge is 0.305 e. The van der Waals surface area contributed by atoms with Crippen LogP contribution >= 0.6 is 0 Å². The molecule has 0 bridgehead atoms. The van der Waals surface area contributed by atoms with Crippen LogP contribution in [-0.2, 0) is 6.42 Å². The van der Waals surface area contributed by atoms with Crippen LogP contribution in [0.3, 0.4) is 0 Å². The van der Waals surface area contributed by atoms with Crippen molar-refractivity contribution >= 4 is 11.6 Å². The Morgan fingerprint density at radius 2 is 1.67 bits per heavy atom. The number of nitrogens with zero attached hydrogens (tertiary/aromatic N) is 2. The molecule has 1 fully saturated rings. The Bertz CT molecular complexity index is 716. The molecule has 0 spiro atoms. The molecule has 1 aliphatic rings. The van der Waals surface area contributed by atoms with E-state index in [1.54, 1.807) is 0 Å². The van der Waals surface area contributed by atoms with Crippen molar-refractivity contribution in [2.45, 2.75) is 46.1 Å². The zero-order valence-electron chi connectivity index (χ0n) is 16.9. The average molecular weight is 365 g/mol. The monoisotopic (exact) mass is 364 g/mol. The summed E-state index contributed by atoms with van der Waals surface area (Å²) in [5, 5.41) is 0. The van der Waals surface area contributed by atoms with Crippen molar-refractivity contribution in [2.24, 2.45) is 5.92 Å². The van der Waals surface area contributed by atoms with E-state index in [-0.39, 0.29) is 11.9 Å². The first-order valence-corrected chi connectivity index (χ1v) is 10.3. The maximum Gasteiger partial charge on any atom is 0.258 e. The Morgan fingerprint density at radius 3 is 2.22 bits per heavy atom. The van der Waals surface area contributed by atoms with E-state index in [0.717, 1.165) is 50.1 Å². The number of likely N-dealkylation sites (tertiary alicyclic amines) is 1. The van der Waals surface area contributed by atoms with Gasteiger partial charge in [0.25, 0.3) is 5.91 Å². The molecular formula is C24H32N2O. The number of hydrogen-bond donors (Lipinski definition) is 0. The van der Waals surface area contributed by atoms with E-state index < -0.39 is 0 Å². The highest BCUT2D eigenvalue weighted by Gasteiger charge is 2.29. The smallest absolute Gasteiger partial charge is 0.258 e. The van der Waals surface area contributed by atoms with Gasteiger partial charge in [-0.2, -0.15) is 0 Å². The van der Waals surface area contributed by atoms with Gasteiger partial charge in [-0.25, -0.2) is 0 Å². The molecule has 27 heavy (non-hydrogen) atoms. The van der Waals surface area contributed by atoms with Crippen molar-refractivity contribution in [3.63, 3.8) is 0 Å². The highest BCUT2D eigenvalue weighted by Crippen LogP contribution is 2.27. The van der Waals surface area contributed by atoms with Gasteiger partial charge in [0.2, 0.25) is 0 Å². The minimum absolute atomic E-state index is 0.113. The lowest BCUT2D eigenvalue weighted by Crippen LogP contribution is -2.48. The van der Waals surface area contributed by atoms with Gasteiger partial charge in [0.1, 0.15) is 0 Å². The van der Waals surface area contributed by atoms with Crippen LogP contribution in [0.1, 0.15) is 49.5 Å². The molecule has 0 saturated carbocycles. The number of benzene rings is 2. The minimum atomic E-state index is 0.113. The molecule has 1 amide bonds. The van der Waals surface area contributed by atoms with Crippen LogP contribution in [-0.4, -0.2) is 36.5 Å². The summed E-state index contributed by atoms with van der Waals surface area (Å²) < 4.78 is 0. The third-order valence-corrected chi connectivity index (χ3v) is 5.41. The Kier molecular flexibility index (Phi) is 6.68. The molecule has 1 saturated heterocycles. The molecule has 2 aromatic carbocycles. The lowest BCUT2D eigenvalue weighted by Gasteiger charge is -2.39. The first kappa shape index (κ1) is 19.6. The number of amides is 1. The van der Waals surface area contributed by atoms with E-state index >= 15 is 0 Å². The minimum Gasteiger partial charge on any atom is -0.305 e. The van der Waals surface area contributed by atoms with Crippen molar-refractivity contribution in [1.82, 2.24) is 4.90 Å². The van der Waals surface area contributed by atoms with Gasteiger partial charge in [0.15, 0.2) is 0 Å². The molecule has 0 aromatic heterocycles. The van der Waals surface area contributed by atoms with E-state index in [1.807, 2.05) is 35.2 Å². The first-order chi connectivity index (χ1) is 13.1. The van der Waals surface area contributed by atoms with Gasteiger partial charge in [-0.3, -0.25) is 4.79 Å². The topological polar surface area (TPSA) is 23.6 Å². The molecule has 3 heteroatoms. The van der Waals surface area contributed by atoms with Gasteiger partial charge in [0, 0.05) is 36.9 Å². The maximum atomic E-state index is 13.4. The number of aryl methyl sites for hydroxylation is 1. The molecule has 3 rings (SSSR count). The first-order valence-electron chi connectivity index (χ1n) is 10.3. The summed E-state index contributed by atoms with van der Waals surface area (Å²) in [5.74, 6) is 0.798. The summed E-state index contributed by atoms with van der Waals surface area (Å²) >= 11 is 0. The third-order valence-electron chi connectivity index (χ3n) is 5.41. The van der Waals surface area contributed by atoms with E-state index in [0.29, 0.717) is 5.92 Å². The zero-order chi connectivity index (χ0) is 19.2. The summed E-state index contributed by atoms with van der Waals surface area (Å²) in [6.45, 7) is 9.97. The summed E-state index contributed by atoms with van der Waals surface area (Å²) in [7, 11) is 0. The molecule has 0 N–H and O–H groups in total. The van der Waals surface area contributed by atoms with Gasteiger partial charge in [-0.1, -0.05) is 51.1 Å². The van der Waals surface area contributed by atoms with Crippen molar-refractivity contribution in [1.29, 1.82) is 0 Å². The van der Waals surface area contributed by atoms with Gasteiger partial charge < -0.3 is 9.80 Å². The predicted octanol–water partition coefficient (Wildman–Crippen LogP) is 5.02. The Labute approximate surface area is 164 Å². The van der Waals surface area contributed by atoms with E-state index in [9.17, 15) is 4.79 Å². The van der Waals surface area contributed by atoms with Crippen LogP contribution in [0, 0.1) is 5.92 Å². The third kappa shape index (κ3) is 4.98. The highest BCUT2D eigenvalue weighted by atomic mass is 16.2. The van der Waals surface area contributed by atoms with Crippen molar-refractivity contribution in [3.05, 3.63) is 65.7 Å². The molecule has 144 valence electrons. The quantitative estimate of drug-likeness (QED) is 0.719. The number of anilines is 1. The molecule has 0 radical (unpaired) electrons. The number of rotatable bonds is 6. The highest BCUT2D eigenvalue weighted by molar-refractivity contribution is 6.06. The van der Waals surface area contributed by atoms with Gasteiger partial charge in [0.05, 0.1) is 0 Å². The van der Waals surface area contributed by atoms with Crippen molar-refractivity contribution in [2.75, 3.05) is 24.5 Å². The summed E-state index contributed by atoms with van der Waals surface area (Å²) in [6, 6.07) is 18.5. The van der Waals surface area contributed by atoms with Crippen molar-refractivity contribution < 1.29 is 4.79 Å². The Morgan fingerprint density at radius 1 is 1.04 bits per heavy atom. The molecule has 1 heterocycles. The average Bonchev–Trinajstić information content (AvgIpc) is 2.70. The standard InChI is InChI=1S/C24H32N2O/c1-4-20-10-12-22(13-11-20)26(24(27)21-8-6-5-7-9-21)23-14-16-25(17-15-23)18-19(2)3/h5-13,19,23H,4,14-18H2,1-3H3. The molecular weight excluding hydrogens is 332 g/mol. The maximum absolute atomic E-state index is 13.4. The normalized spacial score (nSPS) is 15.9. The van der Waals surface area contributed by atoms with E-state index in [1.165, 1.54) is 5.56 Å². The van der Waals surface area contributed by atoms with E-state index in [4.69, 9.17) is 0 Å². The lowest BCUT2D eigenvalue weighted by molar-refractivity contribution is 0.0957. The van der Waals surface area contributed by atoms with Crippen LogP contribution in [0.2, 0.25) is 0 Å². The lowest BCUT2D eigenvalue weighted by atomic mass is 9.99. The second-order valence-electron chi connectivity index (χ2n) is 7.99. The number of piperidine rings is 1. The summed E-state index contributed by atoms with van der Waals surface area (Å²) in [4.78, 5) is 17.9. The fourth-order valence-corrected chi connectivity index (χ4v) is 3.98. The Balaban J connectivity index is 1.83. The van der Waals surface area contributed by atoms with Gasteiger partial charge in [-0.05, 0) is 55.0 Å². The predicted molar refractivity (Wildman–Crippen MR) is 113 cm³/mol. The van der Waals surface area contributed by atoms with E-state index in [2.05, 4.69) is 49.9 Å². The summed E-state index contributed by atoms with van der Waals surface area (Å²) in [6.07, 6.45) is 3.07. The fraction of sp³-hybridized carbons (Fsp3) is 0.458. The van der Waals surface area contributed by atoms with Crippen LogP contribution in [0.4, 0.5) is 5.69 Å². The van der Waals surface area contributed by atoms with Crippen molar-refractivity contribution in [3.8, 4) is 0 Å². The molecule has 0 atom stereocenters. The zero-order valence-corrected chi connectivity index (χ0v) is 16.9. The molecule has 0 aliphatic carbocycles. The number of carbonyl (C=O) groups is 1. The van der Waals surface area contributed by atoms with Crippen LogP contribution in [0.5, 0.6) is 0 Å². The second-order valence-corrected chi connectivity index (χ2v) is 7.99. The molecule has 2 aromatic rings. The Hall–Kier alpha value is -2.13. The molecule has 0 unspecified atom stereocenters. The molecule has 1 aliphatic heterocycles. The summed E-state index contributed by atoms with van der Waals surface area (Å²) in [5.41, 5.74) is 3.09. The molecule has 3 nitrogen and oxygen atoms in total. The van der Waals surface area contributed by atoms with Crippen LogP contribution in [0.15, 0.2) is 54.6 Å². The number of carbonyl (C=O) groups excluding carboxylic acids is 1.